The minimum Gasteiger partial charge on any atom is -0.464 e. The van der Waals surface area contributed by atoms with Gasteiger partial charge >= 0.3 is 5.97 Å². The van der Waals surface area contributed by atoms with Crippen LogP contribution in [-0.2, 0) is 9.53 Å². The SMILES string of the molecule is CCOC(=O)C(N=O)c1ccccc1Br. The Hall–Kier alpha value is -1.23. The van der Waals surface area contributed by atoms with E-state index in [2.05, 4.69) is 21.1 Å². The maximum absolute atomic E-state index is 11.4. The molecule has 0 spiro atoms. The van der Waals surface area contributed by atoms with E-state index < -0.39 is 12.0 Å². The highest BCUT2D eigenvalue weighted by Gasteiger charge is 2.24. The second-order valence-electron chi connectivity index (χ2n) is 2.78. The summed E-state index contributed by atoms with van der Waals surface area (Å²) in [6, 6.07) is 5.83. The molecule has 0 bridgehead atoms. The van der Waals surface area contributed by atoms with Gasteiger partial charge in [0.25, 0.3) is 0 Å². The summed E-state index contributed by atoms with van der Waals surface area (Å²) in [5, 5.41) is 2.78. The first-order valence-corrected chi connectivity index (χ1v) is 5.23. The monoisotopic (exact) mass is 271 g/mol. The normalized spacial score (nSPS) is 11.9. The molecule has 0 aromatic heterocycles. The van der Waals surface area contributed by atoms with Gasteiger partial charge in [-0.15, -0.1) is 4.91 Å². The lowest BCUT2D eigenvalue weighted by molar-refractivity contribution is -0.144. The lowest BCUT2D eigenvalue weighted by Crippen LogP contribution is -2.14. The summed E-state index contributed by atoms with van der Waals surface area (Å²) < 4.78 is 5.42. The van der Waals surface area contributed by atoms with Crippen LogP contribution < -0.4 is 0 Å². The summed E-state index contributed by atoms with van der Waals surface area (Å²) in [6.45, 7) is 1.91. The highest BCUT2D eigenvalue weighted by Crippen LogP contribution is 2.26. The van der Waals surface area contributed by atoms with Crippen LogP contribution in [0.4, 0.5) is 0 Å². The second-order valence-corrected chi connectivity index (χ2v) is 3.64. The maximum Gasteiger partial charge on any atom is 0.339 e. The highest BCUT2D eigenvalue weighted by molar-refractivity contribution is 9.10. The molecule has 0 aliphatic heterocycles. The van der Waals surface area contributed by atoms with Crippen molar-refractivity contribution in [1.29, 1.82) is 0 Å². The van der Waals surface area contributed by atoms with Crippen LogP contribution in [0.3, 0.4) is 0 Å². The van der Waals surface area contributed by atoms with Crippen LogP contribution in [-0.4, -0.2) is 12.6 Å². The average molecular weight is 272 g/mol. The van der Waals surface area contributed by atoms with E-state index >= 15 is 0 Å². The van der Waals surface area contributed by atoms with Crippen molar-refractivity contribution in [1.82, 2.24) is 0 Å². The van der Waals surface area contributed by atoms with Gasteiger partial charge in [0.2, 0.25) is 6.04 Å². The molecule has 0 radical (unpaired) electrons. The smallest absolute Gasteiger partial charge is 0.339 e. The lowest BCUT2D eigenvalue weighted by atomic mass is 10.1. The van der Waals surface area contributed by atoms with Crippen LogP contribution in [0.2, 0.25) is 0 Å². The molecule has 0 aliphatic carbocycles. The third kappa shape index (κ3) is 2.86. The van der Waals surface area contributed by atoms with E-state index in [0.29, 0.717) is 10.0 Å². The number of ether oxygens (including phenoxy) is 1. The molecule has 1 atom stereocenters. The fourth-order valence-electron chi connectivity index (χ4n) is 1.14. The molecule has 0 saturated heterocycles. The molecule has 0 amide bonds. The van der Waals surface area contributed by atoms with Crippen molar-refractivity contribution in [2.45, 2.75) is 13.0 Å². The van der Waals surface area contributed by atoms with Crippen molar-refractivity contribution in [2.24, 2.45) is 5.18 Å². The van der Waals surface area contributed by atoms with Gasteiger partial charge in [0, 0.05) is 10.0 Å². The zero-order chi connectivity index (χ0) is 11.3. The summed E-state index contributed by atoms with van der Waals surface area (Å²) in [5.41, 5.74) is 0.519. The van der Waals surface area contributed by atoms with E-state index in [1.54, 1.807) is 31.2 Å². The number of nitroso groups, excluding NO2 is 1. The van der Waals surface area contributed by atoms with Crippen molar-refractivity contribution in [3.05, 3.63) is 39.2 Å². The third-order valence-corrected chi connectivity index (χ3v) is 2.54. The molecule has 0 heterocycles. The average Bonchev–Trinajstić information content (AvgIpc) is 2.22. The van der Waals surface area contributed by atoms with Crippen LogP contribution in [0, 0.1) is 4.91 Å². The van der Waals surface area contributed by atoms with Gasteiger partial charge in [-0.05, 0) is 18.2 Å². The van der Waals surface area contributed by atoms with Crippen molar-refractivity contribution in [3.8, 4) is 0 Å². The molecule has 0 N–H and O–H groups in total. The van der Waals surface area contributed by atoms with E-state index in [0.717, 1.165) is 0 Å². The molecule has 1 rings (SSSR count). The standard InChI is InChI=1S/C10H10BrNO3/c1-2-15-10(13)9(12-14)7-5-3-4-6-8(7)11/h3-6,9H,2H2,1H3. The first kappa shape index (κ1) is 11.8. The number of hydrogen-bond donors (Lipinski definition) is 0. The first-order valence-electron chi connectivity index (χ1n) is 4.44. The van der Waals surface area contributed by atoms with Crippen molar-refractivity contribution in [3.63, 3.8) is 0 Å². The zero-order valence-electron chi connectivity index (χ0n) is 8.14. The predicted molar refractivity (Wildman–Crippen MR) is 59.3 cm³/mol. The summed E-state index contributed by atoms with van der Waals surface area (Å²) in [6.07, 6.45) is 0. The lowest BCUT2D eigenvalue weighted by Gasteiger charge is -2.09. The summed E-state index contributed by atoms with van der Waals surface area (Å²) in [7, 11) is 0. The fraction of sp³-hybridized carbons (Fsp3) is 0.300. The van der Waals surface area contributed by atoms with Gasteiger partial charge in [-0.1, -0.05) is 34.1 Å². The Morgan fingerprint density at radius 2 is 2.20 bits per heavy atom. The summed E-state index contributed by atoms with van der Waals surface area (Å²) in [4.78, 5) is 22.0. The number of nitrogens with zero attached hydrogens (tertiary/aromatic N) is 1. The Bertz CT molecular complexity index is 367. The van der Waals surface area contributed by atoms with E-state index in [1.165, 1.54) is 0 Å². The molecule has 0 saturated carbocycles. The van der Waals surface area contributed by atoms with Gasteiger partial charge in [-0.25, -0.2) is 4.79 Å². The van der Waals surface area contributed by atoms with E-state index in [4.69, 9.17) is 4.74 Å². The van der Waals surface area contributed by atoms with Crippen LogP contribution in [0.1, 0.15) is 18.5 Å². The zero-order valence-corrected chi connectivity index (χ0v) is 9.73. The van der Waals surface area contributed by atoms with E-state index in [9.17, 15) is 9.70 Å². The topological polar surface area (TPSA) is 55.7 Å². The predicted octanol–water partition coefficient (Wildman–Crippen LogP) is 2.82. The number of halogens is 1. The molecule has 5 heteroatoms. The summed E-state index contributed by atoms with van der Waals surface area (Å²) in [5.74, 6) is -0.626. The van der Waals surface area contributed by atoms with Crippen molar-refractivity contribution < 1.29 is 9.53 Å². The molecule has 1 unspecified atom stereocenters. The molecular formula is C10H10BrNO3. The molecular weight excluding hydrogens is 262 g/mol. The number of esters is 1. The molecule has 15 heavy (non-hydrogen) atoms. The van der Waals surface area contributed by atoms with Gasteiger partial charge in [0.05, 0.1) is 6.61 Å². The van der Waals surface area contributed by atoms with Gasteiger partial charge < -0.3 is 4.74 Å². The highest BCUT2D eigenvalue weighted by atomic mass is 79.9. The van der Waals surface area contributed by atoms with Crippen molar-refractivity contribution in [2.75, 3.05) is 6.61 Å². The minimum atomic E-state index is -1.10. The molecule has 1 aromatic rings. The minimum absolute atomic E-state index is 0.231. The Morgan fingerprint density at radius 1 is 1.53 bits per heavy atom. The van der Waals surface area contributed by atoms with Crippen LogP contribution >= 0.6 is 15.9 Å². The molecule has 1 aromatic carbocycles. The maximum atomic E-state index is 11.4. The Morgan fingerprint density at radius 3 is 2.73 bits per heavy atom. The Kier molecular flexibility index (Phi) is 4.42. The van der Waals surface area contributed by atoms with E-state index in [-0.39, 0.29) is 6.61 Å². The quantitative estimate of drug-likeness (QED) is 0.625. The Labute approximate surface area is 95.7 Å². The van der Waals surface area contributed by atoms with E-state index in [1.807, 2.05) is 0 Å². The Balaban J connectivity index is 2.97. The fourth-order valence-corrected chi connectivity index (χ4v) is 1.65. The largest absolute Gasteiger partial charge is 0.464 e. The second kappa shape index (κ2) is 5.60. The number of rotatable bonds is 4. The van der Waals surface area contributed by atoms with Crippen molar-refractivity contribution >= 4 is 21.9 Å². The first-order chi connectivity index (χ1) is 7.20. The van der Waals surface area contributed by atoms with Gasteiger partial charge in [-0.2, -0.15) is 0 Å². The number of carbonyl (C=O) groups excluding carboxylic acids is 1. The molecule has 0 aliphatic rings. The third-order valence-electron chi connectivity index (χ3n) is 1.82. The van der Waals surface area contributed by atoms with Crippen LogP contribution in [0.5, 0.6) is 0 Å². The van der Waals surface area contributed by atoms with Crippen LogP contribution in [0.25, 0.3) is 0 Å². The van der Waals surface area contributed by atoms with Gasteiger partial charge in [0.15, 0.2) is 0 Å². The van der Waals surface area contributed by atoms with Gasteiger partial charge in [0.1, 0.15) is 0 Å². The molecule has 80 valence electrons. The van der Waals surface area contributed by atoms with Gasteiger partial charge in [-0.3, -0.25) is 0 Å². The van der Waals surface area contributed by atoms with Crippen LogP contribution in [0.15, 0.2) is 33.9 Å². The molecule has 0 fully saturated rings. The number of benzene rings is 1. The number of carbonyl (C=O) groups is 1. The number of hydrogen-bond acceptors (Lipinski definition) is 4. The summed E-state index contributed by atoms with van der Waals surface area (Å²) >= 11 is 3.25. The molecule has 4 nitrogen and oxygen atoms in total.